The molecule has 0 aromatic carbocycles. The number of thiophene rings is 1. The summed E-state index contributed by atoms with van der Waals surface area (Å²) in [4.78, 5) is 1.13. The Kier molecular flexibility index (Phi) is 5.00. The average molecular weight is 302 g/mol. The van der Waals surface area contributed by atoms with Crippen LogP contribution in [0.2, 0.25) is 0 Å². The third-order valence-electron chi connectivity index (χ3n) is 3.22. The Labute approximate surface area is 119 Å². The molecule has 2 rings (SSSR count). The van der Waals surface area contributed by atoms with Gasteiger partial charge in [0.1, 0.15) is 4.21 Å². The predicted octanol–water partition coefficient (Wildman–Crippen LogP) is 2.07. The molecule has 1 aliphatic rings. The highest BCUT2D eigenvalue weighted by molar-refractivity contribution is 7.91. The smallest absolute Gasteiger partial charge is 0.252 e. The van der Waals surface area contributed by atoms with Crippen LogP contribution in [-0.4, -0.2) is 38.9 Å². The Morgan fingerprint density at radius 2 is 2.16 bits per heavy atom. The monoisotopic (exact) mass is 302 g/mol. The molecule has 0 spiro atoms. The minimum Gasteiger partial charge on any atom is -0.319 e. The molecule has 0 aliphatic heterocycles. The fraction of sp³-hybridized carbons (Fsp3) is 0.692. The fourth-order valence-corrected chi connectivity index (χ4v) is 5.34. The molecular formula is C13H22N2O2S2. The summed E-state index contributed by atoms with van der Waals surface area (Å²) < 4.78 is 27.4. The van der Waals surface area contributed by atoms with Crippen LogP contribution in [0.4, 0.5) is 0 Å². The molecular weight excluding hydrogens is 280 g/mol. The molecule has 108 valence electrons. The van der Waals surface area contributed by atoms with Crippen LogP contribution in [0.1, 0.15) is 31.1 Å². The minimum absolute atomic E-state index is 0.243. The van der Waals surface area contributed by atoms with Gasteiger partial charge in [-0.15, -0.1) is 11.3 Å². The van der Waals surface area contributed by atoms with Crippen molar-refractivity contribution < 1.29 is 8.42 Å². The van der Waals surface area contributed by atoms with E-state index >= 15 is 0 Å². The van der Waals surface area contributed by atoms with E-state index in [0.29, 0.717) is 10.8 Å². The van der Waals surface area contributed by atoms with Crippen molar-refractivity contribution in [3.8, 4) is 0 Å². The Hall–Kier alpha value is -0.430. The van der Waals surface area contributed by atoms with Gasteiger partial charge in [-0.1, -0.05) is 6.92 Å². The van der Waals surface area contributed by atoms with Crippen molar-refractivity contribution in [1.29, 1.82) is 0 Å². The molecule has 6 heteroatoms. The van der Waals surface area contributed by atoms with Crippen LogP contribution < -0.4 is 5.32 Å². The summed E-state index contributed by atoms with van der Waals surface area (Å²) in [6.45, 7) is 3.54. The molecule has 4 nitrogen and oxygen atoms in total. The molecule has 0 unspecified atom stereocenters. The van der Waals surface area contributed by atoms with Crippen LogP contribution in [0.3, 0.4) is 0 Å². The lowest BCUT2D eigenvalue weighted by atomic mass is 10.3. The van der Waals surface area contributed by atoms with Crippen LogP contribution in [0.5, 0.6) is 0 Å². The van der Waals surface area contributed by atoms with Gasteiger partial charge in [0.2, 0.25) is 0 Å². The minimum atomic E-state index is -3.27. The SMILES string of the molecule is CCCN(C1CC1)S(=O)(=O)c1ccc(CCNC)s1. The molecule has 1 N–H and O–H groups in total. The van der Waals surface area contributed by atoms with Crippen molar-refractivity contribution in [1.82, 2.24) is 9.62 Å². The van der Waals surface area contributed by atoms with Gasteiger partial charge in [-0.3, -0.25) is 0 Å². The summed E-state index contributed by atoms with van der Waals surface area (Å²) in [6, 6.07) is 3.94. The normalized spacial score (nSPS) is 16.2. The van der Waals surface area contributed by atoms with Gasteiger partial charge < -0.3 is 5.32 Å². The lowest BCUT2D eigenvalue weighted by Gasteiger charge is -2.20. The number of likely N-dealkylation sites (N-methyl/N-ethyl adjacent to an activating group) is 1. The zero-order valence-corrected chi connectivity index (χ0v) is 13.2. The third-order valence-corrected chi connectivity index (χ3v) is 6.78. The van der Waals surface area contributed by atoms with Gasteiger partial charge in [0, 0.05) is 17.5 Å². The van der Waals surface area contributed by atoms with Gasteiger partial charge in [-0.2, -0.15) is 4.31 Å². The molecule has 1 saturated carbocycles. The summed E-state index contributed by atoms with van der Waals surface area (Å²) in [5.41, 5.74) is 0. The summed E-state index contributed by atoms with van der Waals surface area (Å²) in [7, 11) is -1.37. The number of sulfonamides is 1. The summed E-state index contributed by atoms with van der Waals surface area (Å²) in [5, 5.41) is 3.08. The lowest BCUT2D eigenvalue weighted by molar-refractivity contribution is 0.404. The van der Waals surface area contributed by atoms with Gasteiger partial charge >= 0.3 is 0 Å². The predicted molar refractivity (Wildman–Crippen MR) is 79.2 cm³/mol. The van der Waals surface area contributed by atoms with Gasteiger partial charge in [-0.05, 0) is 51.4 Å². The number of hydrogen-bond donors (Lipinski definition) is 1. The van der Waals surface area contributed by atoms with E-state index in [-0.39, 0.29) is 6.04 Å². The van der Waals surface area contributed by atoms with E-state index in [4.69, 9.17) is 0 Å². The highest BCUT2D eigenvalue weighted by Gasteiger charge is 2.37. The Balaban J connectivity index is 2.15. The van der Waals surface area contributed by atoms with E-state index in [0.717, 1.165) is 37.1 Å². The van der Waals surface area contributed by atoms with Gasteiger partial charge in [0.15, 0.2) is 0 Å². The van der Waals surface area contributed by atoms with E-state index in [2.05, 4.69) is 5.32 Å². The van der Waals surface area contributed by atoms with Crippen molar-refractivity contribution in [3.05, 3.63) is 17.0 Å². The van der Waals surface area contributed by atoms with Crippen LogP contribution in [0.15, 0.2) is 16.3 Å². The highest BCUT2D eigenvalue weighted by Crippen LogP contribution is 2.34. The molecule has 0 amide bonds. The standard InChI is InChI=1S/C13H22N2O2S2/c1-3-10-15(11-4-5-11)19(16,17)13-7-6-12(18-13)8-9-14-2/h6-7,11,14H,3-5,8-10H2,1-2H3. The first-order valence-electron chi connectivity index (χ1n) is 6.84. The maximum absolute atomic E-state index is 12.6. The molecule has 19 heavy (non-hydrogen) atoms. The third kappa shape index (κ3) is 3.56. The van der Waals surface area contributed by atoms with E-state index < -0.39 is 10.0 Å². The van der Waals surface area contributed by atoms with Crippen LogP contribution in [0, 0.1) is 0 Å². The molecule has 1 heterocycles. The molecule has 1 aromatic heterocycles. The zero-order valence-electron chi connectivity index (χ0n) is 11.6. The molecule has 0 atom stereocenters. The van der Waals surface area contributed by atoms with E-state index in [1.807, 2.05) is 20.0 Å². The second kappa shape index (κ2) is 6.35. The maximum atomic E-state index is 12.6. The van der Waals surface area contributed by atoms with E-state index in [9.17, 15) is 8.42 Å². The van der Waals surface area contributed by atoms with E-state index in [1.165, 1.54) is 11.3 Å². The molecule has 0 bridgehead atoms. The van der Waals surface area contributed by atoms with Crippen LogP contribution in [0.25, 0.3) is 0 Å². The van der Waals surface area contributed by atoms with Crippen molar-refractivity contribution in [2.24, 2.45) is 0 Å². The first-order valence-corrected chi connectivity index (χ1v) is 9.10. The number of nitrogens with one attached hydrogen (secondary N) is 1. The van der Waals surface area contributed by atoms with Crippen molar-refractivity contribution >= 4 is 21.4 Å². The molecule has 1 fully saturated rings. The van der Waals surface area contributed by atoms with Gasteiger partial charge in [0.25, 0.3) is 10.0 Å². The van der Waals surface area contributed by atoms with Crippen molar-refractivity contribution in [3.63, 3.8) is 0 Å². The Morgan fingerprint density at radius 3 is 2.74 bits per heavy atom. The quantitative estimate of drug-likeness (QED) is 0.800. The zero-order chi connectivity index (χ0) is 13.9. The topological polar surface area (TPSA) is 49.4 Å². The first kappa shape index (κ1) is 15.0. The molecule has 1 aromatic rings. The highest BCUT2D eigenvalue weighted by atomic mass is 32.2. The summed E-state index contributed by atoms with van der Waals surface area (Å²) >= 11 is 1.41. The Bertz CT molecular complexity index is 506. The number of rotatable bonds is 8. The van der Waals surface area contributed by atoms with Gasteiger partial charge in [-0.25, -0.2) is 8.42 Å². The van der Waals surface area contributed by atoms with Crippen molar-refractivity contribution in [2.75, 3.05) is 20.1 Å². The second-order valence-corrected chi connectivity index (χ2v) is 8.21. The summed E-state index contributed by atoms with van der Waals surface area (Å²) in [5.74, 6) is 0. The number of nitrogens with zero attached hydrogens (tertiary/aromatic N) is 1. The largest absolute Gasteiger partial charge is 0.319 e. The molecule has 0 radical (unpaired) electrons. The Morgan fingerprint density at radius 1 is 1.42 bits per heavy atom. The number of hydrogen-bond acceptors (Lipinski definition) is 4. The van der Waals surface area contributed by atoms with Crippen LogP contribution in [-0.2, 0) is 16.4 Å². The lowest BCUT2D eigenvalue weighted by Crippen LogP contribution is -2.33. The second-order valence-electron chi connectivity index (χ2n) is 4.92. The average Bonchev–Trinajstić information content (AvgIpc) is 3.10. The van der Waals surface area contributed by atoms with Crippen molar-refractivity contribution in [2.45, 2.75) is 42.9 Å². The summed E-state index contributed by atoms with van der Waals surface area (Å²) in [6.07, 6.45) is 3.77. The first-order chi connectivity index (χ1) is 9.09. The maximum Gasteiger partial charge on any atom is 0.252 e. The molecule has 1 aliphatic carbocycles. The van der Waals surface area contributed by atoms with Crippen LogP contribution >= 0.6 is 11.3 Å². The van der Waals surface area contributed by atoms with Gasteiger partial charge in [0.05, 0.1) is 0 Å². The van der Waals surface area contributed by atoms with E-state index in [1.54, 1.807) is 10.4 Å². The fourth-order valence-electron chi connectivity index (χ4n) is 2.08. The molecule has 0 saturated heterocycles.